The van der Waals surface area contributed by atoms with Gasteiger partial charge in [-0.25, -0.2) is 0 Å². The summed E-state index contributed by atoms with van der Waals surface area (Å²) in [6, 6.07) is 11.0. The summed E-state index contributed by atoms with van der Waals surface area (Å²) in [5, 5.41) is 14.0. The van der Waals surface area contributed by atoms with E-state index in [0.29, 0.717) is 6.54 Å². The molecule has 2 aromatic carbocycles. The van der Waals surface area contributed by atoms with Crippen LogP contribution in [0.5, 0.6) is 5.75 Å². The van der Waals surface area contributed by atoms with Gasteiger partial charge in [-0.15, -0.1) is 0 Å². The van der Waals surface area contributed by atoms with Crippen molar-refractivity contribution in [2.45, 2.75) is 6.92 Å². The predicted molar refractivity (Wildman–Crippen MR) is 71.2 cm³/mol. The van der Waals surface area contributed by atoms with Crippen molar-refractivity contribution in [1.82, 2.24) is 5.32 Å². The molecule has 0 saturated heterocycles. The molecule has 0 unspecified atom stereocenters. The Morgan fingerprint density at radius 2 is 2.00 bits per heavy atom. The molecule has 0 aromatic heterocycles. The number of benzene rings is 2. The van der Waals surface area contributed by atoms with Crippen molar-refractivity contribution in [1.29, 1.82) is 0 Å². The van der Waals surface area contributed by atoms with Crippen LogP contribution < -0.4 is 5.32 Å². The summed E-state index contributed by atoms with van der Waals surface area (Å²) in [7, 11) is 0. The van der Waals surface area contributed by atoms with Gasteiger partial charge in [0.1, 0.15) is 5.75 Å². The van der Waals surface area contributed by atoms with Crippen LogP contribution in [0.1, 0.15) is 12.5 Å². The Bertz CT molecular complexity index is 650. The summed E-state index contributed by atoms with van der Waals surface area (Å²) in [6.45, 7) is 1.80. The van der Waals surface area contributed by atoms with Gasteiger partial charge >= 0.3 is 0 Å². The van der Waals surface area contributed by atoms with E-state index in [1.807, 2.05) is 24.3 Å². The van der Waals surface area contributed by atoms with E-state index in [1.165, 1.54) is 6.92 Å². The fraction of sp³-hybridized carbons (Fsp3) is 0.133. The number of carbonyl (C=O) groups is 1. The summed E-state index contributed by atoms with van der Waals surface area (Å²) < 4.78 is 0. The van der Waals surface area contributed by atoms with E-state index >= 15 is 0 Å². The topological polar surface area (TPSA) is 49.3 Å². The number of fused-ring (bicyclic) bond motifs is 1. The van der Waals surface area contributed by atoms with Crippen molar-refractivity contribution in [3.63, 3.8) is 0 Å². The van der Waals surface area contributed by atoms with Gasteiger partial charge < -0.3 is 10.4 Å². The standard InChI is InChI=1S/C15H13NO2/c1-11(17)16-8-2-3-12-4-5-13-6-7-15(18)10-14(13)9-12/h4-7,9-10,18H,8H2,1H3,(H,16,17). The van der Waals surface area contributed by atoms with Crippen LogP contribution in [-0.2, 0) is 4.79 Å². The van der Waals surface area contributed by atoms with Crippen LogP contribution in [0.2, 0.25) is 0 Å². The average molecular weight is 239 g/mol. The number of rotatable bonds is 1. The molecule has 0 radical (unpaired) electrons. The molecule has 2 aromatic rings. The molecule has 90 valence electrons. The molecule has 0 aliphatic rings. The van der Waals surface area contributed by atoms with E-state index in [2.05, 4.69) is 17.2 Å². The summed E-state index contributed by atoms with van der Waals surface area (Å²) in [5.74, 6) is 5.98. The Labute approximate surface area is 105 Å². The fourth-order valence-corrected chi connectivity index (χ4v) is 1.63. The van der Waals surface area contributed by atoms with E-state index in [0.717, 1.165) is 16.3 Å². The molecule has 0 saturated carbocycles. The normalized spacial score (nSPS) is 9.61. The Hall–Kier alpha value is -2.47. The Morgan fingerprint density at radius 3 is 2.78 bits per heavy atom. The zero-order chi connectivity index (χ0) is 13.0. The molecule has 18 heavy (non-hydrogen) atoms. The van der Waals surface area contributed by atoms with Crippen LogP contribution in [-0.4, -0.2) is 17.6 Å². The second-order valence-electron chi connectivity index (χ2n) is 3.96. The molecule has 0 aliphatic heterocycles. The van der Waals surface area contributed by atoms with Crippen molar-refractivity contribution in [2.75, 3.05) is 6.54 Å². The van der Waals surface area contributed by atoms with Crippen LogP contribution in [0.15, 0.2) is 36.4 Å². The van der Waals surface area contributed by atoms with Gasteiger partial charge in [0.25, 0.3) is 0 Å². The van der Waals surface area contributed by atoms with Crippen LogP contribution in [0, 0.1) is 11.8 Å². The Morgan fingerprint density at radius 1 is 1.22 bits per heavy atom. The number of nitrogens with one attached hydrogen (secondary N) is 1. The third-order valence-corrected chi connectivity index (χ3v) is 2.48. The van der Waals surface area contributed by atoms with Gasteiger partial charge in [0, 0.05) is 12.5 Å². The first-order valence-corrected chi connectivity index (χ1v) is 5.61. The molecule has 3 nitrogen and oxygen atoms in total. The van der Waals surface area contributed by atoms with Crippen LogP contribution in [0.25, 0.3) is 10.8 Å². The molecule has 3 heteroatoms. The summed E-state index contributed by atoms with van der Waals surface area (Å²) in [5.41, 5.74) is 0.860. The van der Waals surface area contributed by atoms with Gasteiger partial charge in [0.2, 0.25) is 5.91 Å². The zero-order valence-electron chi connectivity index (χ0n) is 10.0. The summed E-state index contributed by atoms with van der Waals surface area (Å²) in [4.78, 5) is 10.7. The second kappa shape index (κ2) is 5.24. The SMILES string of the molecule is CC(=O)NCC#Cc1ccc2ccc(O)cc2c1. The fourth-order valence-electron chi connectivity index (χ4n) is 1.63. The van der Waals surface area contributed by atoms with Gasteiger partial charge in [0.15, 0.2) is 0 Å². The maximum Gasteiger partial charge on any atom is 0.217 e. The summed E-state index contributed by atoms with van der Waals surface area (Å²) >= 11 is 0. The minimum Gasteiger partial charge on any atom is -0.508 e. The monoisotopic (exact) mass is 239 g/mol. The molecule has 0 spiro atoms. The molecule has 0 heterocycles. The molecule has 1 amide bonds. The first kappa shape index (κ1) is 12.0. The Kier molecular flexibility index (Phi) is 3.49. The molecule has 2 rings (SSSR count). The number of carbonyl (C=O) groups excluding carboxylic acids is 1. The van der Waals surface area contributed by atoms with Crippen LogP contribution in [0.4, 0.5) is 0 Å². The van der Waals surface area contributed by atoms with Crippen molar-refractivity contribution in [2.24, 2.45) is 0 Å². The number of hydrogen-bond acceptors (Lipinski definition) is 2. The van der Waals surface area contributed by atoms with Crippen molar-refractivity contribution < 1.29 is 9.90 Å². The highest BCUT2D eigenvalue weighted by molar-refractivity contribution is 5.85. The smallest absolute Gasteiger partial charge is 0.217 e. The predicted octanol–water partition coefficient (Wildman–Crippen LogP) is 2.03. The molecular formula is C15H13NO2. The third-order valence-electron chi connectivity index (χ3n) is 2.48. The number of aromatic hydroxyl groups is 1. The van der Waals surface area contributed by atoms with E-state index in [9.17, 15) is 9.90 Å². The van der Waals surface area contributed by atoms with E-state index < -0.39 is 0 Å². The zero-order valence-corrected chi connectivity index (χ0v) is 10.0. The van der Waals surface area contributed by atoms with Gasteiger partial charge in [-0.05, 0) is 35.0 Å². The maximum atomic E-state index is 10.7. The van der Waals surface area contributed by atoms with Crippen molar-refractivity contribution in [3.05, 3.63) is 42.0 Å². The maximum absolute atomic E-state index is 10.7. The van der Waals surface area contributed by atoms with E-state index in [4.69, 9.17) is 0 Å². The quantitative estimate of drug-likeness (QED) is 0.748. The molecule has 2 N–H and O–H groups in total. The minimum absolute atomic E-state index is 0.0901. The number of amides is 1. The highest BCUT2D eigenvalue weighted by Gasteiger charge is 1.96. The molecule has 0 atom stereocenters. The van der Waals surface area contributed by atoms with Crippen molar-refractivity contribution >= 4 is 16.7 Å². The second-order valence-corrected chi connectivity index (χ2v) is 3.96. The van der Waals surface area contributed by atoms with E-state index in [1.54, 1.807) is 12.1 Å². The first-order valence-electron chi connectivity index (χ1n) is 5.61. The van der Waals surface area contributed by atoms with Gasteiger partial charge in [-0.1, -0.05) is 24.0 Å². The average Bonchev–Trinajstić information content (AvgIpc) is 2.34. The summed E-state index contributed by atoms with van der Waals surface area (Å²) in [6.07, 6.45) is 0. The lowest BCUT2D eigenvalue weighted by Crippen LogP contribution is -2.19. The number of phenolic OH excluding ortho intramolecular Hbond substituents is 1. The van der Waals surface area contributed by atoms with Crippen LogP contribution >= 0.6 is 0 Å². The van der Waals surface area contributed by atoms with E-state index in [-0.39, 0.29) is 11.7 Å². The highest BCUT2D eigenvalue weighted by atomic mass is 16.3. The van der Waals surface area contributed by atoms with Gasteiger partial charge in [-0.3, -0.25) is 4.79 Å². The van der Waals surface area contributed by atoms with Gasteiger partial charge in [0.05, 0.1) is 6.54 Å². The van der Waals surface area contributed by atoms with Gasteiger partial charge in [-0.2, -0.15) is 0 Å². The molecule has 0 fully saturated rings. The minimum atomic E-state index is -0.0901. The highest BCUT2D eigenvalue weighted by Crippen LogP contribution is 2.20. The van der Waals surface area contributed by atoms with Crippen molar-refractivity contribution in [3.8, 4) is 17.6 Å². The third kappa shape index (κ3) is 3.02. The first-order chi connectivity index (χ1) is 8.65. The lowest BCUT2D eigenvalue weighted by molar-refractivity contribution is -0.118. The Balaban J connectivity index is 2.21. The molecule has 0 bridgehead atoms. The largest absolute Gasteiger partial charge is 0.508 e. The number of hydrogen-bond donors (Lipinski definition) is 2. The molecular weight excluding hydrogens is 226 g/mol. The lowest BCUT2D eigenvalue weighted by Gasteiger charge is -1.99. The molecule has 0 aliphatic carbocycles. The lowest BCUT2D eigenvalue weighted by atomic mass is 10.1. The van der Waals surface area contributed by atoms with Crippen LogP contribution in [0.3, 0.4) is 0 Å². The number of phenols is 1.